The van der Waals surface area contributed by atoms with Crippen molar-refractivity contribution in [2.45, 2.75) is 78.6 Å². The average molecular weight is 386 g/mol. The van der Waals surface area contributed by atoms with Gasteiger partial charge in [-0.3, -0.25) is 14.6 Å². The molecule has 1 N–H and O–H groups in total. The second-order valence-electron chi connectivity index (χ2n) is 8.65. The molecule has 28 heavy (non-hydrogen) atoms. The number of hydrogen-bond donors (Lipinski definition) is 1. The normalized spacial score (nSPS) is 22.5. The smallest absolute Gasteiger partial charge is 0.168 e. The summed E-state index contributed by atoms with van der Waals surface area (Å²) in [7, 11) is 0. The Morgan fingerprint density at radius 3 is 2.75 bits per heavy atom. The Bertz CT molecular complexity index is 830. The van der Waals surface area contributed by atoms with Gasteiger partial charge in [0.1, 0.15) is 11.5 Å². The summed E-state index contributed by atoms with van der Waals surface area (Å²) in [4.78, 5) is 29.6. The van der Waals surface area contributed by atoms with Crippen molar-refractivity contribution in [3.63, 3.8) is 0 Å². The molecule has 2 aliphatic rings. The summed E-state index contributed by atoms with van der Waals surface area (Å²) in [5.41, 5.74) is 2.10. The maximum Gasteiger partial charge on any atom is 0.168 e. The molecule has 0 aliphatic heterocycles. The average Bonchev–Trinajstić information content (AvgIpc) is 3.03. The highest BCUT2D eigenvalue weighted by atomic mass is 16.5. The maximum absolute atomic E-state index is 12.8. The van der Waals surface area contributed by atoms with Crippen LogP contribution >= 0.6 is 0 Å². The topological polar surface area (TPSA) is 92.8 Å². The third kappa shape index (κ3) is 4.42. The second-order valence-corrected chi connectivity index (χ2v) is 8.65. The van der Waals surface area contributed by atoms with Crippen LogP contribution in [0.2, 0.25) is 0 Å². The van der Waals surface area contributed by atoms with Gasteiger partial charge in [0.2, 0.25) is 0 Å². The molecule has 1 heterocycles. The number of allylic oxidation sites excluding steroid dienone is 2. The first-order chi connectivity index (χ1) is 13.3. The van der Waals surface area contributed by atoms with Crippen LogP contribution in [0.15, 0.2) is 20.8 Å². The number of rotatable bonds is 6. The van der Waals surface area contributed by atoms with Gasteiger partial charge in [-0.25, -0.2) is 0 Å². The summed E-state index contributed by atoms with van der Waals surface area (Å²) in [5, 5.41) is 14.8. The number of carbonyl (C=O) groups is 2. The number of unbranched alkanes of at least 4 members (excludes halogenated alkanes) is 1. The van der Waals surface area contributed by atoms with Gasteiger partial charge in [0, 0.05) is 44.4 Å². The molecule has 0 amide bonds. The van der Waals surface area contributed by atoms with Crippen LogP contribution in [0.1, 0.15) is 87.5 Å². The summed E-state index contributed by atoms with van der Waals surface area (Å²) < 4.78 is 5.31. The molecule has 0 spiro atoms. The fourth-order valence-corrected chi connectivity index (χ4v) is 4.04. The van der Waals surface area contributed by atoms with Gasteiger partial charge in [0.05, 0.1) is 16.8 Å². The number of aliphatic imine (C=N–C) groups is 1. The Hall–Kier alpha value is -2.24. The van der Waals surface area contributed by atoms with Crippen LogP contribution in [0.25, 0.3) is 0 Å². The first-order valence-corrected chi connectivity index (χ1v) is 10.3. The quantitative estimate of drug-likeness (QED) is 0.439. The largest absolute Gasteiger partial charge is 0.511 e. The van der Waals surface area contributed by atoms with Gasteiger partial charge in [-0.15, -0.1) is 0 Å². The molecule has 0 atom stereocenters. The number of aromatic nitrogens is 1. The number of aliphatic hydroxyl groups excluding tert-OH is 1. The zero-order chi connectivity index (χ0) is 20.3. The Labute approximate surface area is 166 Å². The minimum Gasteiger partial charge on any atom is -0.511 e. The van der Waals surface area contributed by atoms with E-state index in [0.29, 0.717) is 60.5 Å². The van der Waals surface area contributed by atoms with E-state index >= 15 is 0 Å². The molecule has 0 saturated heterocycles. The Balaban J connectivity index is 1.82. The lowest BCUT2D eigenvalue weighted by Crippen LogP contribution is -2.33. The Morgan fingerprint density at radius 1 is 1.21 bits per heavy atom. The van der Waals surface area contributed by atoms with E-state index in [0.717, 1.165) is 25.7 Å². The number of fused-ring (bicyclic) bond motifs is 1. The van der Waals surface area contributed by atoms with Crippen molar-refractivity contribution in [2.75, 3.05) is 6.54 Å². The van der Waals surface area contributed by atoms with E-state index in [-0.39, 0.29) is 29.2 Å². The molecule has 0 bridgehead atoms. The highest BCUT2D eigenvalue weighted by Gasteiger charge is 2.36. The van der Waals surface area contributed by atoms with Crippen molar-refractivity contribution in [3.8, 4) is 0 Å². The lowest BCUT2D eigenvalue weighted by Gasteiger charge is -2.31. The van der Waals surface area contributed by atoms with E-state index in [1.54, 1.807) is 0 Å². The number of hydrogen-bond acceptors (Lipinski definition) is 6. The fourth-order valence-electron chi connectivity index (χ4n) is 4.04. The monoisotopic (exact) mass is 386 g/mol. The van der Waals surface area contributed by atoms with Gasteiger partial charge in [0.15, 0.2) is 11.6 Å². The van der Waals surface area contributed by atoms with Gasteiger partial charge in [-0.05, 0) is 24.7 Å². The number of ketones is 2. The first-order valence-electron chi connectivity index (χ1n) is 10.3. The first kappa shape index (κ1) is 20.5. The standard InChI is InChI=1S/C22H30N2O4/c1-4-5-11-23-15-12-22(2,3)13-18(27)20(15)17(26)10-9-14-21-16(25)7-6-8-19(21)28-24-14/h26H,4-13H2,1-3H3/b20-17+,23-15?. The van der Waals surface area contributed by atoms with Gasteiger partial charge < -0.3 is 9.63 Å². The van der Waals surface area contributed by atoms with E-state index in [2.05, 4.69) is 30.9 Å². The zero-order valence-electron chi connectivity index (χ0n) is 17.1. The molecule has 152 valence electrons. The lowest BCUT2D eigenvalue weighted by molar-refractivity contribution is -0.117. The third-order valence-electron chi connectivity index (χ3n) is 5.47. The molecular formula is C22H30N2O4. The molecule has 6 heteroatoms. The SMILES string of the molecule is CCCCN=C1CC(C)(C)CC(=O)/C1=C(/O)CCc1noc2c1C(=O)CCC2. The second kappa shape index (κ2) is 8.41. The van der Waals surface area contributed by atoms with Crippen molar-refractivity contribution in [1.82, 2.24) is 5.16 Å². The Morgan fingerprint density at radius 2 is 2.00 bits per heavy atom. The highest BCUT2D eigenvalue weighted by molar-refractivity contribution is 6.24. The van der Waals surface area contributed by atoms with E-state index in [1.165, 1.54) is 0 Å². The number of nitrogens with zero attached hydrogens (tertiary/aromatic N) is 2. The van der Waals surface area contributed by atoms with E-state index in [9.17, 15) is 14.7 Å². The number of aryl methyl sites for hydroxylation is 2. The van der Waals surface area contributed by atoms with Crippen LogP contribution in [0.3, 0.4) is 0 Å². The molecule has 1 aromatic rings. The summed E-state index contributed by atoms with van der Waals surface area (Å²) in [5.74, 6) is 0.704. The van der Waals surface area contributed by atoms with Gasteiger partial charge in [-0.2, -0.15) is 0 Å². The van der Waals surface area contributed by atoms with Gasteiger partial charge >= 0.3 is 0 Å². The molecular weight excluding hydrogens is 356 g/mol. The Kier molecular flexibility index (Phi) is 6.16. The minimum atomic E-state index is -0.149. The molecule has 3 rings (SSSR count). The fraction of sp³-hybridized carbons (Fsp3) is 0.636. The van der Waals surface area contributed by atoms with Crippen LogP contribution < -0.4 is 0 Å². The van der Waals surface area contributed by atoms with Crippen LogP contribution in [-0.4, -0.2) is 34.1 Å². The number of carbonyl (C=O) groups excluding carboxylic acids is 2. The summed E-state index contributed by atoms with van der Waals surface area (Å²) in [6.45, 7) is 6.88. The van der Waals surface area contributed by atoms with Crippen molar-refractivity contribution >= 4 is 17.3 Å². The zero-order valence-corrected chi connectivity index (χ0v) is 17.1. The van der Waals surface area contributed by atoms with Crippen molar-refractivity contribution in [3.05, 3.63) is 28.3 Å². The lowest BCUT2D eigenvalue weighted by atomic mass is 9.73. The molecule has 1 fully saturated rings. The summed E-state index contributed by atoms with van der Waals surface area (Å²) in [6.07, 6.45) is 5.72. The predicted octanol–water partition coefficient (Wildman–Crippen LogP) is 4.57. The molecule has 0 radical (unpaired) electrons. The molecule has 1 aromatic heterocycles. The minimum absolute atomic E-state index is 0.0516. The molecule has 0 unspecified atom stereocenters. The van der Waals surface area contributed by atoms with Gasteiger partial charge in [0.25, 0.3) is 0 Å². The van der Waals surface area contributed by atoms with Crippen LogP contribution in [-0.2, 0) is 17.6 Å². The van der Waals surface area contributed by atoms with Crippen molar-refractivity contribution in [1.29, 1.82) is 0 Å². The van der Waals surface area contributed by atoms with Crippen molar-refractivity contribution < 1.29 is 19.2 Å². The maximum atomic E-state index is 12.8. The molecule has 0 aromatic carbocycles. The number of Topliss-reactive ketones (excluding diaryl/α,β-unsaturated/α-hetero) is 2. The third-order valence-corrected chi connectivity index (χ3v) is 5.47. The van der Waals surface area contributed by atoms with Crippen molar-refractivity contribution in [2.24, 2.45) is 10.4 Å². The van der Waals surface area contributed by atoms with Crippen LogP contribution in [0, 0.1) is 5.41 Å². The molecule has 1 saturated carbocycles. The van der Waals surface area contributed by atoms with E-state index < -0.39 is 0 Å². The molecule has 6 nitrogen and oxygen atoms in total. The van der Waals surface area contributed by atoms with Gasteiger partial charge in [-0.1, -0.05) is 32.3 Å². The summed E-state index contributed by atoms with van der Waals surface area (Å²) >= 11 is 0. The predicted molar refractivity (Wildman–Crippen MR) is 107 cm³/mol. The summed E-state index contributed by atoms with van der Waals surface area (Å²) in [6, 6.07) is 0. The van der Waals surface area contributed by atoms with E-state index in [4.69, 9.17) is 4.52 Å². The van der Waals surface area contributed by atoms with E-state index in [1.807, 2.05) is 0 Å². The molecule has 2 aliphatic carbocycles. The number of aliphatic hydroxyl groups is 1. The highest BCUT2D eigenvalue weighted by Crippen LogP contribution is 2.36. The van der Waals surface area contributed by atoms with Crippen LogP contribution in [0.5, 0.6) is 0 Å². The van der Waals surface area contributed by atoms with Crippen LogP contribution in [0.4, 0.5) is 0 Å².